The van der Waals surface area contributed by atoms with Crippen molar-refractivity contribution in [2.45, 2.75) is 25.6 Å². The molecule has 0 aromatic carbocycles. The van der Waals surface area contributed by atoms with Crippen molar-refractivity contribution >= 4 is 11.8 Å². The van der Waals surface area contributed by atoms with E-state index in [1.807, 2.05) is 5.10 Å². The Balaban J connectivity index is 1.71. The van der Waals surface area contributed by atoms with Gasteiger partial charge in [-0.05, 0) is 13.3 Å². The van der Waals surface area contributed by atoms with Crippen molar-refractivity contribution in [2.75, 3.05) is 32.8 Å². The molecule has 2 aliphatic heterocycles. The van der Waals surface area contributed by atoms with E-state index in [0.29, 0.717) is 19.8 Å². The summed E-state index contributed by atoms with van der Waals surface area (Å²) < 4.78 is 43.6. The second kappa shape index (κ2) is 6.08. The van der Waals surface area contributed by atoms with Gasteiger partial charge in [-0.3, -0.25) is 14.7 Å². The number of rotatable bonds is 2. The Morgan fingerprint density at radius 3 is 2.67 bits per heavy atom. The summed E-state index contributed by atoms with van der Waals surface area (Å²) in [5, 5.41) is 5.36. The molecule has 1 atom stereocenters. The Morgan fingerprint density at radius 2 is 2.12 bits per heavy atom. The molecule has 24 heavy (non-hydrogen) atoms. The molecular formula is C14H17F3N4O3. The first-order valence-corrected chi connectivity index (χ1v) is 7.57. The average Bonchev–Trinajstić information content (AvgIpc) is 3.15. The smallest absolute Gasteiger partial charge is 0.379 e. The lowest BCUT2D eigenvalue weighted by atomic mass is 10.1. The first-order chi connectivity index (χ1) is 11.3. The van der Waals surface area contributed by atoms with Crippen LogP contribution in [-0.4, -0.2) is 70.7 Å². The first kappa shape index (κ1) is 16.7. The summed E-state index contributed by atoms with van der Waals surface area (Å²) in [6.07, 6.45) is -3.85. The number of H-pyrrole nitrogens is 1. The molecule has 10 heteroatoms. The maximum atomic E-state index is 12.8. The highest BCUT2D eigenvalue weighted by Gasteiger charge is 2.39. The van der Waals surface area contributed by atoms with Crippen molar-refractivity contribution in [1.82, 2.24) is 20.0 Å². The summed E-state index contributed by atoms with van der Waals surface area (Å²) in [4.78, 5) is 27.6. The molecule has 2 saturated heterocycles. The van der Waals surface area contributed by atoms with E-state index in [4.69, 9.17) is 4.74 Å². The van der Waals surface area contributed by atoms with Crippen LogP contribution in [0.1, 0.15) is 28.2 Å². The molecule has 3 heterocycles. The van der Waals surface area contributed by atoms with Crippen molar-refractivity contribution in [3.8, 4) is 0 Å². The van der Waals surface area contributed by atoms with Crippen LogP contribution in [0.4, 0.5) is 13.2 Å². The number of hydrogen-bond donors (Lipinski definition) is 1. The van der Waals surface area contributed by atoms with Crippen LogP contribution in [0.3, 0.4) is 0 Å². The zero-order valence-electron chi connectivity index (χ0n) is 13.0. The number of nitrogens with one attached hydrogen (secondary N) is 1. The molecule has 1 aromatic heterocycles. The molecule has 1 aromatic rings. The topological polar surface area (TPSA) is 78.5 Å². The molecule has 1 N–H and O–H groups in total. The van der Waals surface area contributed by atoms with E-state index < -0.39 is 17.8 Å². The van der Waals surface area contributed by atoms with Crippen LogP contribution >= 0.6 is 0 Å². The van der Waals surface area contributed by atoms with Crippen molar-refractivity contribution in [3.05, 3.63) is 17.0 Å². The van der Waals surface area contributed by atoms with Gasteiger partial charge in [0, 0.05) is 25.3 Å². The van der Waals surface area contributed by atoms with E-state index in [2.05, 4.69) is 5.10 Å². The number of halogens is 3. The number of alkyl halides is 3. The van der Waals surface area contributed by atoms with Gasteiger partial charge < -0.3 is 14.5 Å². The third-order valence-electron chi connectivity index (χ3n) is 4.39. The van der Waals surface area contributed by atoms with Gasteiger partial charge in [0.25, 0.3) is 5.91 Å². The predicted molar refractivity (Wildman–Crippen MR) is 75.2 cm³/mol. The molecule has 1 unspecified atom stereocenters. The molecule has 2 fully saturated rings. The number of piperazine rings is 1. The Bertz CT molecular complexity index is 652. The van der Waals surface area contributed by atoms with E-state index in [0.717, 1.165) is 6.42 Å². The van der Waals surface area contributed by atoms with E-state index in [-0.39, 0.29) is 36.3 Å². The summed E-state index contributed by atoms with van der Waals surface area (Å²) in [7, 11) is 0. The zero-order valence-corrected chi connectivity index (χ0v) is 13.0. The number of nitrogens with zero attached hydrogens (tertiary/aromatic N) is 3. The van der Waals surface area contributed by atoms with E-state index in [1.54, 1.807) is 4.90 Å². The minimum absolute atomic E-state index is 0.0127. The van der Waals surface area contributed by atoms with Crippen LogP contribution < -0.4 is 0 Å². The normalized spacial score (nSPS) is 22.3. The fourth-order valence-electron chi connectivity index (χ4n) is 3.05. The summed E-state index contributed by atoms with van der Waals surface area (Å²) in [5.74, 6) is -0.899. The molecule has 3 rings (SSSR count). The number of aromatic nitrogens is 2. The van der Waals surface area contributed by atoms with E-state index in [1.165, 1.54) is 11.8 Å². The van der Waals surface area contributed by atoms with Gasteiger partial charge in [-0.15, -0.1) is 0 Å². The molecule has 0 aliphatic carbocycles. The number of carbonyl (C=O) groups is 2. The molecule has 0 saturated carbocycles. The standard InChI is InChI=1S/C14H17F3N4O3/c1-8-11(18-19-12(8)14(15,16)17)13(23)20-3-4-21(10(22)6-20)9-2-5-24-7-9/h9H,2-7H2,1H3,(H,18,19). The molecule has 0 bridgehead atoms. The van der Waals surface area contributed by atoms with Crippen LogP contribution in [0.25, 0.3) is 0 Å². The van der Waals surface area contributed by atoms with E-state index >= 15 is 0 Å². The first-order valence-electron chi connectivity index (χ1n) is 7.57. The van der Waals surface area contributed by atoms with Gasteiger partial charge in [0.2, 0.25) is 5.91 Å². The van der Waals surface area contributed by atoms with Crippen molar-refractivity contribution < 1.29 is 27.5 Å². The van der Waals surface area contributed by atoms with Crippen molar-refractivity contribution in [2.24, 2.45) is 0 Å². The highest BCUT2D eigenvalue weighted by molar-refractivity contribution is 5.96. The molecule has 132 valence electrons. The Kier molecular flexibility index (Phi) is 4.24. The molecule has 7 nitrogen and oxygen atoms in total. The number of aromatic amines is 1. The van der Waals surface area contributed by atoms with Gasteiger partial charge in [0.05, 0.1) is 12.6 Å². The largest absolute Gasteiger partial charge is 0.433 e. The molecule has 0 radical (unpaired) electrons. The number of carbonyl (C=O) groups excluding carboxylic acids is 2. The molecular weight excluding hydrogens is 329 g/mol. The SMILES string of the molecule is Cc1c(C(=O)N2CCN(C3CCOC3)C(=O)C2)n[nH]c1C(F)(F)F. The van der Waals surface area contributed by atoms with Gasteiger partial charge >= 0.3 is 6.18 Å². The predicted octanol–water partition coefficient (Wildman–Crippen LogP) is 0.810. The summed E-state index contributed by atoms with van der Waals surface area (Å²) in [5.41, 5.74) is -1.60. The zero-order chi connectivity index (χ0) is 17.5. The third kappa shape index (κ3) is 2.97. The maximum Gasteiger partial charge on any atom is 0.433 e. The summed E-state index contributed by atoms with van der Waals surface area (Å²) in [6.45, 7) is 2.70. The quantitative estimate of drug-likeness (QED) is 0.860. The van der Waals surface area contributed by atoms with Crippen LogP contribution in [0, 0.1) is 6.92 Å². The fraction of sp³-hybridized carbons (Fsp3) is 0.643. The lowest BCUT2D eigenvalue weighted by Crippen LogP contribution is -2.55. The fourth-order valence-corrected chi connectivity index (χ4v) is 3.05. The van der Waals surface area contributed by atoms with Gasteiger partial charge in [-0.2, -0.15) is 18.3 Å². The maximum absolute atomic E-state index is 12.8. The van der Waals surface area contributed by atoms with Crippen LogP contribution in [0.15, 0.2) is 0 Å². The van der Waals surface area contributed by atoms with Crippen molar-refractivity contribution in [1.29, 1.82) is 0 Å². The van der Waals surface area contributed by atoms with Crippen LogP contribution in [0.5, 0.6) is 0 Å². The van der Waals surface area contributed by atoms with Crippen LogP contribution in [-0.2, 0) is 15.7 Å². The Morgan fingerprint density at radius 1 is 1.38 bits per heavy atom. The lowest BCUT2D eigenvalue weighted by molar-refractivity contribution is -0.141. The van der Waals surface area contributed by atoms with Gasteiger partial charge in [0.15, 0.2) is 5.69 Å². The highest BCUT2D eigenvalue weighted by Crippen LogP contribution is 2.31. The highest BCUT2D eigenvalue weighted by atomic mass is 19.4. The Hall–Kier alpha value is -2.10. The monoisotopic (exact) mass is 346 g/mol. The number of hydrogen-bond acceptors (Lipinski definition) is 4. The van der Waals surface area contributed by atoms with Gasteiger partial charge in [-0.1, -0.05) is 0 Å². The molecule has 2 amide bonds. The second-order valence-corrected chi connectivity index (χ2v) is 5.90. The second-order valence-electron chi connectivity index (χ2n) is 5.90. The molecule has 0 spiro atoms. The van der Waals surface area contributed by atoms with Gasteiger partial charge in [0.1, 0.15) is 12.2 Å². The van der Waals surface area contributed by atoms with Crippen molar-refractivity contribution in [3.63, 3.8) is 0 Å². The average molecular weight is 346 g/mol. The van der Waals surface area contributed by atoms with E-state index in [9.17, 15) is 22.8 Å². The Labute approximate surface area is 135 Å². The minimum atomic E-state index is -4.60. The van der Waals surface area contributed by atoms with Gasteiger partial charge in [-0.25, -0.2) is 0 Å². The molecule has 2 aliphatic rings. The summed E-state index contributed by atoms with van der Waals surface area (Å²) in [6, 6.07) is 0.0127. The summed E-state index contributed by atoms with van der Waals surface area (Å²) >= 11 is 0. The number of ether oxygens (including phenoxy) is 1. The lowest BCUT2D eigenvalue weighted by Gasteiger charge is -2.37. The third-order valence-corrected chi connectivity index (χ3v) is 4.39. The van der Waals surface area contributed by atoms with Crippen LogP contribution in [0.2, 0.25) is 0 Å². The number of amides is 2. The minimum Gasteiger partial charge on any atom is -0.379 e.